The zero-order valence-electron chi connectivity index (χ0n) is 15.4. The lowest BCUT2D eigenvalue weighted by atomic mass is 10.1. The highest BCUT2D eigenvalue weighted by Gasteiger charge is 2.19. The van der Waals surface area contributed by atoms with E-state index in [2.05, 4.69) is 26.2 Å². The first-order valence-electron chi connectivity index (χ1n) is 8.50. The summed E-state index contributed by atoms with van der Waals surface area (Å²) in [5.41, 5.74) is 1.26. The Morgan fingerprint density at radius 2 is 1.62 bits per heavy atom. The maximum absolute atomic E-state index is 12.7. The molecule has 0 unspecified atom stereocenters. The van der Waals surface area contributed by atoms with Crippen molar-refractivity contribution in [2.24, 2.45) is 0 Å². The number of benzene rings is 1. The number of anilines is 1. The molecule has 0 bridgehead atoms. The van der Waals surface area contributed by atoms with Gasteiger partial charge in [0.05, 0.1) is 19.8 Å². The second kappa shape index (κ2) is 9.43. The predicted molar refractivity (Wildman–Crippen MR) is 105 cm³/mol. The molecule has 140 valence electrons. The van der Waals surface area contributed by atoms with Crippen LogP contribution in [0.1, 0.15) is 36.7 Å². The molecule has 2 aromatic rings. The lowest BCUT2D eigenvalue weighted by Gasteiger charge is -2.17. The van der Waals surface area contributed by atoms with Crippen molar-refractivity contribution in [2.75, 3.05) is 25.1 Å². The molecule has 0 fully saturated rings. The number of amides is 1. The minimum Gasteiger partial charge on any atom is -0.490 e. The summed E-state index contributed by atoms with van der Waals surface area (Å²) in [4.78, 5) is 17.0. The van der Waals surface area contributed by atoms with Gasteiger partial charge in [-0.15, -0.1) is 0 Å². The van der Waals surface area contributed by atoms with Gasteiger partial charge in [0.2, 0.25) is 5.75 Å². The molecule has 0 atom stereocenters. The van der Waals surface area contributed by atoms with Crippen molar-refractivity contribution in [3.63, 3.8) is 0 Å². The van der Waals surface area contributed by atoms with Gasteiger partial charge in [-0.1, -0.05) is 0 Å². The van der Waals surface area contributed by atoms with Gasteiger partial charge < -0.3 is 19.5 Å². The summed E-state index contributed by atoms with van der Waals surface area (Å²) in [7, 11) is 0. The number of nitrogens with one attached hydrogen (secondary N) is 1. The van der Waals surface area contributed by atoms with Gasteiger partial charge in [-0.05, 0) is 67.4 Å². The first kappa shape index (κ1) is 20.0. The zero-order valence-corrected chi connectivity index (χ0v) is 17.0. The Kier molecular flexibility index (Phi) is 7.26. The monoisotopic (exact) mass is 422 g/mol. The standard InChI is InChI=1S/C19H23BrN2O4/c1-5-24-15-9-13(10-16(25-6-2)17(15)26-7-3)19(23)22-18-12(4)8-14(20)11-21-18/h8-11H,5-7H2,1-4H3,(H,21,22,23). The molecule has 0 saturated carbocycles. The number of aryl methyl sites for hydroxylation is 1. The number of ether oxygens (including phenoxy) is 3. The fraction of sp³-hybridized carbons (Fsp3) is 0.368. The molecule has 0 aliphatic rings. The summed E-state index contributed by atoms with van der Waals surface area (Å²) >= 11 is 3.36. The van der Waals surface area contributed by atoms with E-state index < -0.39 is 0 Å². The SMILES string of the molecule is CCOc1cc(C(=O)Nc2ncc(Br)cc2C)cc(OCC)c1OCC. The molecule has 1 heterocycles. The Morgan fingerprint density at radius 3 is 2.12 bits per heavy atom. The van der Waals surface area contributed by atoms with E-state index in [1.165, 1.54) is 0 Å². The molecule has 7 heteroatoms. The van der Waals surface area contributed by atoms with Crippen molar-refractivity contribution in [1.29, 1.82) is 0 Å². The highest BCUT2D eigenvalue weighted by atomic mass is 79.9. The van der Waals surface area contributed by atoms with Crippen LogP contribution in [0.4, 0.5) is 5.82 Å². The summed E-state index contributed by atoms with van der Waals surface area (Å²) in [5, 5.41) is 2.82. The van der Waals surface area contributed by atoms with Crippen molar-refractivity contribution in [3.8, 4) is 17.2 Å². The highest BCUT2D eigenvalue weighted by Crippen LogP contribution is 2.39. The van der Waals surface area contributed by atoms with E-state index in [0.717, 1.165) is 10.0 Å². The molecule has 1 aromatic carbocycles. The third-order valence-corrected chi connectivity index (χ3v) is 3.88. The van der Waals surface area contributed by atoms with Crippen LogP contribution in [0.5, 0.6) is 17.2 Å². The quantitative estimate of drug-likeness (QED) is 0.672. The number of carbonyl (C=O) groups is 1. The van der Waals surface area contributed by atoms with Crippen LogP contribution in [-0.4, -0.2) is 30.7 Å². The highest BCUT2D eigenvalue weighted by molar-refractivity contribution is 9.10. The smallest absolute Gasteiger partial charge is 0.257 e. The third kappa shape index (κ3) is 4.88. The van der Waals surface area contributed by atoms with Gasteiger partial charge in [0.1, 0.15) is 5.82 Å². The van der Waals surface area contributed by atoms with Gasteiger partial charge in [0.15, 0.2) is 11.5 Å². The lowest BCUT2D eigenvalue weighted by molar-refractivity contribution is 0.102. The number of nitrogens with zero attached hydrogens (tertiary/aromatic N) is 1. The molecular weight excluding hydrogens is 400 g/mol. The largest absolute Gasteiger partial charge is 0.490 e. The summed E-state index contributed by atoms with van der Waals surface area (Å²) in [6, 6.07) is 5.19. The molecule has 1 aromatic heterocycles. The first-order valence-corrected chi connectivity index (χ1v) is 9.29. The summed E-state index contributed by atoms with van der Waals surface area (Å²) in [5.74, 6) is 1.67. The zero-order chi connectivity index (χ0) is 19.1. The fourth-order valence-electron chi connectivity index (χ4n) is 2.37. The van der Waals surface area contributed by atoms with Crippen LogP contribution in [0.25, 0.3) is 0 Å². The second-order valence-corrected chi connectivity index (χ2v) is 6.29. The van der Waals surface area contributed by atoms with E-state index >= 15 is 0 Å². The molecule has 1 N–H and O–H groups in total. The van der Waals surface area contributed by atoms with Gasteiger partial charge in [-0.25, -0.2) is 4.98 Å². The van der Waals surface area contributed by atoms with E-state index in [1.54, 1.807) is 18.3 Å². The summed E-state index contributed by atoms with van der Waals surface area (Å²) in [6.45, 7) is 8.87. The molecule has 0 saturated heterocycles. The molecule has 0 radical (unpaired) electrons. The Bertz CT molecular complexity index is 753. The number of hydrogen-bond donors (Lipinski definition) is 1. The number of aromatic nitrogens is 1. The molecule has 2 rings (SSSR count). The molecule has 1 amide bonds. The Hall–Kier alpha value is -2.28. The summed E-state index contributed by atoms with van der Waals surface area (Å²) in [6.07, 6.45) is 1.64. The van der Waals surface area contributed by atoms with Crippen LogP contribution in [0.2, 0.25) is 0 Å². The van der Waals surface area contributed by atoms with Crippen molar-refractivity contribution in [2.45, 2.75) is 27.7 Å². The van der Waals surface area contributed by atoms with Crippen molar-refractivity contribution in [1.82, 2.24) is 4.98 Å². The normalized spacial score (nSPS) is 10.3. The second-order valence-electron chi connectivity index (χ2n) is 5.37. The van der Waals surface area contributed by atoms with Crippen LogP contribution < -0.4 is 19.5 Å². The number of hydrogen-bond acceptors (Lipinski definition) is 5. The third-order valence-electron chi connectivity index (χ3n) is 3.45. The summed E-state index contributed by atoms with van der Waals surface area (Å²) < 4.78 is 17.8. The minimum absolute atomic E-state index is 0.298. The van der Waals surface area contributed by atoms with Crippen LogP contribution in [0, 0.1) is 6.92 Å². The van der Waals surface area contributed by atoms with Gasteiger partial charge in [0, 0.05) is 16.2 Å². The minimum atomic E-state index is -0.298. The van der Waals surface area contributed by atoms with Crippen LogP contribution >= 0.6 is 15.9 Å². The fourth-order valence-corrected chi connectivity index (χ4v) is 2.82. The topological polar surface area (TPSA) is 69.7 Å². The van der Waals surface area contributed by atoms with Gasteiger partial charge in [-0.3, -0.25) is 4.79 Å². The number of rotatable bonds is 8. The van der Waals surface area contributed by atoms with Crippen LogP contribution in [-0.2, 0) is 0 Å². The van der Waals surface area contributed by atoms with Gasteiger partial charge in [-0.2, -0.15) is 0 Å². The predicted octanol–water partition coefficient (Wildman–Crippen LogP) is 4.60. The molecule has 0 aliphatic heterocycles. The van der Waals surface area contributed by atoms with E-state index in [1.807, 2.05) is 33.8 Å². The number of carbonyl (C=O) groups excluding carboxylic acids is 1. The average molecular weight is 423 g/mol. The van der Waals surface area contributed by atoms with E-state index in [9.17, 15) is 4.79 Å². The first-order chi connectivity index (χ1) is 12.5. The van der Waals surface area contributed by atoms with Gasteiger partial charge in [0.25, 0.3) is 5.91 Å². The average Bonchev–Trinajstić information content (AvgIpc) is 2.60. The van der Waals surface area contributed by atoms with Gasteiger partial charge >= 0.3 is 0 Å². The Morgan fingerprint density at radius 1 is 1.04 bits per heavy atom. The van der Waals surface area contributed by atoms with Crippen molar-refractivity contribution >= 4 is 27.7 Å². The Balaban J connectivity index is 2.38. The maximum Gasteiger partial charge on any atom is 0.257 e. The number of halogens is 1. The molecule has 0 spiro atoms. The van der Waals surface area contributed by atoms with E-state index in [4.69, 9.17) is 14.2 Å². The van der Waals surface area contributed by atoms with E-state index in [-0.39, 0.29) is 5.91 Å². The molecule has 6 nitrogen and oxygen atoms in total. The lowest BCUT2D eigenvalue weighted by Crippen LogP contribution is -2.15. The molecule has 0 aliphatic carbocycles. The van der Waals surface area contributed by atoms with Crippen molar-refractivity contribution < 1.29 is 19.0 Å². The van der Waals surface area contributed by atoms with Crippen LogP contribution in [0.3, 0.4) is 0 Å². The van der Waals surface area contributed by atoms with E-state index in [0.29, 0.717) is 48.5 Å². The molecule has 26 heavy (non-hydrogen) atoms. The molecular formula is C19H23BrN2O4. The maximum atomic E-state index is 12.7. The Labute approximate surface area is 162 Å². The van der Waals surface area contributed by atoms with Crippen molar-refractivity contribution in [3.05, 3.63) is 40.0 Å². The number of pyridine rings is 1. The van der Waals surface area contributed by atoms with Crippen LogP contribution in [0.15, 0.2) is 28.9 Å².